The van der Waals surface area contributed by atoms with Crippen molar-refractivity contribution in [2.75, 3.05) is 19.8 Å². The molecule has 12 unspecified atom stereocenters. The van der Waals surface area contributed by atoms with E-state index in [1.165, 1.54) is 109 Å². The van der Waals surface area contributed by atoms with E-state index in [2.05, 4.69) is 31.3 Å². The van der Waals surface area contributed by atoms with E-state index in [1.807, 2.05) is 6.08 Å². The van der Waals surface area contributed by atoms with Crippen molar-refractivity contribution in [2.45, 2.75) is 261 Å². The van der Waals surface area contributed by atoms with Crippen molar-refractivity contribution in [3.05, 3.63) is 24.3 Å². The summed E-state index contributed by atoms with van der Waals surface area (Å²) < 4.78 is 22.6. The molecular weight excluding hydrogens is 811 g/mol. The minimum absolute atomic E-state index is 0.246. The second-order valence-electron chi connectivity index (χ2n) is 17.9. The van der Waals surface area contributed by atoms with Crippen LogP contribution in [0.3, 0.4) is 0 Å². The third-order valence-corrected chi connectivity index (χ3v) is 12.4. The van der Waals surface area contributed by atoms with E-state index >= 15 is 0 Å². The lowest BCUT2D eigenvalue weighted by Crippen LogP contribution is -2.65. The standard InChI is InChI=1S/C49H91NO13/c1-3-5-7-9-11-12-13-14-15-16-17-18-19-20-21-22-23-24-25-26-27-29-31-33-41(54)50-37(38(53)32-30-28-10-8-6-4-2)36-60-48-46(59)44(57)47(40(35-52)62-48)63-49-45(58)43(56)42(55)39(34-51)61-49/h16-17,30,32,37-40,42-49,51-53,55-59H,3-15,18-29,31,33-36H2,1-2H3,(H,50,54)/b17-16-,32-30+. The van der Waals surface area contributed by atoms with Crippen molar-refractivity contribution in [3.8, 4) is 0 Å². The number of amides is 1. The van der Waals surface area contributed by atoms with E-state index in [-0.39, 0.29) is 18.9 Å². The van der Waals surface area contributed by atoms with Crippen molar-refractivity contribution in [1.29, 1.82) is 0 Å². The molecule has 2 fully saturated rings. The number of allylic oxidation sites excluding steroid dienone is 3. The Kier molecular flexibility index (Phi) is 33.4. The van der Waals surface area contributed by atoms with Crippen LogP contribution in [-0.2, 0) is 23.7 Å². The highest BCUT2D eigenvalue weighted by Crippen LogP contribution is 2.30. The van der Waals surface area contributed by atoms with Gasteiger partial charge in [0.15, 0.2) is 12.6 Å². The molecule has 9 N–H and O–H groups in total. The Morgan fingerprint density at radius 2 is 1.00 bits per heavy atom. The normalized spacial score (nSPS) is 27.7. The highest BCUT2D eigenvalue weighted by Gasteiger charge is 2.51. The number of hydrogen-bond acceptors (Lipinski definition) is 13. The van der Waals surface area contributed by atoms with E-state index in [0.717, 1.165) is 51.4 Å². The van der Waals surface area contributed by atoms with Gasteiger partial charge in [-0.2, -0.15) is 0 Å². The number of rotatable bonds is 38. The van der Waals surface area contributed by atoms with Crippen LogP contribution >= 0.6 is 0 Å². The molecule has 0 aromatic heterocycles. The highest BCUT2D eigenvalue weighted by molar-refractivity contribution is 5.76. The van der Waals surface area contributed by atoms with Gasteiger partial charge >= 0.3 is 0 Å². The summed E-state index contributed by atoms with van der Waals surface area (Å²) in [4.78, 5) is 13.1. The molecule has 14 nitrogen and oxygen atoms in total. The molecule has 2 saturated heterocycles. The Hall–Kier alpha value is -1.53. The highest BCUT2D eigenvalue weighted by atomic mass is 16.7. The maximum Gasteiger partial charge on any atom is 0.220 e. The van der Waals surface area contributed by atoms with Gasteiger partial charge in [0, 0.05) is 6.42 Å². The van der Waals surface area contributed by atoms with Crippen LogP contribution in [0.5, 0.6) is 0 Å². The molecule has 370 valence electrons. The van der Waals surface area contributed by atoms with Gasteiger partial charge in [0.2, 0.25) is 5.91 Å². The number of aliphatic hydroxyl groups excluding tert-OH is 8. The molecule has 2 aliphatic rings. The molecule has 2 heterocycles. The third kappa shape index (κ3) is 24.2. The number of carbonyl (C=O) groups excluding carboxylic acids is 1. The molecule has 0 aromatic rings. The first-order valence-electron chi connectivity index (χ1n) is 25.1. The summed E-state index contributed by atoms with van der Waals surface area (Å²) in [6.45, 7) is 2.69. The summed E-state index contributed by atoms with van der Waals surface area (Å²) in [7, 11) is 0. The van der Waals surface area contributed by atoms with E-state index in [4.69, 9.17) is 18.9 Å². The topological polar surface area (TPSA) is 228 Å². The lowest BCUT2D eigenvalue weighted by Gasteiger charge is -2.46. The summed E-state index contributed by atoms with van der Waals surface area (Å²) in [5, 5.41) is 86.2. The van der Waals surface area contributed by atoms with Gasteiger partial charge in [0.1, 0.15) is 48.8 Å². The molecule has 0 spiro atoms. The van der Waals surface area contributed by atoms with Crippen molar-refractivity contribution < 1.29 is 64.6 Å². The average Bonchev–Trinajstić information content (AvgIpc) is 3.28. The predicted molar refractivity (Wildman–Crippen MR) is 245 cm³/mol. The summed E-state index contributed by atoms with van der Waals surface area (Å²) in [5.74, 6) is -0.246. The minimum atomic E-state index is -1.78. The molecule has 0 radical (unpaired) electrons. The smallest absolute Gasteiger partial charge is 0.220 e. The monoisotopic (exact) mass is 902 g/mol. The van der Waals surface area contributed by atoms with Gasteiger partial charge in [-0.25, -0.2) is 0 Å². The zero-order valence-electron chi connectivity index (χ0n) is 39.1. The summed E-state index contributed by atoms with van der Waals surface area (Å²) >= 11 is 0. The zero-order valence-corrected chi connectivity index (χ0v) is 39.1. The largest absolute Gasteiger partial charge is 0.394 e. The Balaban J connectivity index is 1.70. The molecule has 14 heteroatoms. The first kappa shape index (κ1) is 57.6. The first-order valence-corrected chi connectivity index (χ1v) is 25.1. The number of nitrogens with one attached hydrogen (secondary N) is 1. The molecule has 2 aliphatic heterocycles. The Morgan fingerprint density at radius 3 is 1.52 bits per heavy atom. The summed E-state index contributed by atoms with van der Waals surface area (Å²) in [6.07, 6.45) is 22.8. The molecule has 0 aromatic carbocycles. The van der Waals surface area contributed by atoms with Gasteiger partial charge in [-0.15, -0.1) is 0 Å². The fourth-order valence-electron chi connectivity index (χ4n) is 8.23. The number of ether oxygens (including phenoxy) is 4. The predicted octanol–water partition coefficient (Wildman–Crippen LogP) is 6.16. The van der Waals surface area contributed by atoms with E-state index in [1.54, 1.807) is 6.08 Å². The van der Waals surface area contributed by atoms with Crippen LogP contribution < -0.4 is 5.32 Å². The van der Waals surface area contributed by atoms with Gasteiger partial charge in [0.05, 0.1) is 32.0 Å². The average molecular weight is 902 g/mol. The Morgan fingerprint density at radius 1 is 0.556 bits per heavy atom. The molecule has 0 saturated carbocycles. The molecule has 63 heavy (non-hydrogen) atoms. The fraction of sp³-hybridized carbons (Fsp3) is 0.898. The second-order valence-corrected chi connectivity index (χ2v) is 17.9. The molecule has 12 atom stereocenters. The first-order chi connectivity index (χ1) is 30.6. The van der Waals surface area contributed by atoms with Gasteiger partial charge < -0.3 is 65.1 Å². The molecule has 0 bridgehead atoms. The molecular formula is C49H91NO13. The molecule has 2 rings (SSSR count). The number of carbonyl (C=O) groups is 1. The van der Waals surface area contributed by atoms with Crippen molar-refractivity contribution >= 4 is 5.91 Å². The molecule has 1 amide bonds. The van der Waals surface area contributed by atoms with E-state index < -0.39 is 86.8 Å². The van der Waals surface area contributed by atoms with Gasteiger partial charge in [-0.05, 0) is 44.9 Å². The second kappa shape index (κ2) is 36.6. The Labute approximate surface area is 379 Å². The van der Waals surface area contributed by atoms with Crippen LogP contribution in [0.1, 0.15) is 187 Å². The van der Waals surface area contributed by atoms with Crippen LogP contribution in [0.2, 0.25) is 0 Å². The SMILES string of the molecule is CCCCCC/C=C/C(O)C(COC1OC(CO)C(OC2OC(CO)C(O)C(O)C2O)C(O)C1O)NC(=O)CCCCCCCCCCCCC/C=C\CCCCCCCCCC. The van der Waals surface area contributed by atoms with E-state index in [0.29, 0.717) is 6.42 Å². The van der Waals surface area contributed by atoms with Crippen LogP contribution in [0, 0.1) is 0 Å². The van der Waals surface area contributed by atoms with E-state index in [9.17, 15) is 45.6 Å². The number of aliphatic hydroxyl groups is 8. The van der Waals surface area contributed by atoms with Gasteiger partial charge in [-0.1, -0.05) is 160 Å². The lowest BCUT2D eigenvalue weighted by molar-refractivity contribution is -0.359. The number of unbranched alkanes of at least 4 members (excludes halogenated alkanes) is 23. The summed E-state index contributed by atoms with van der Waals surface area (Å²) in [5.41, 5.74) is 0. The van der Waals surface area contributed by atoms with Crippen LogP contribution in [-0.4, -0.2) is 140 Å². The fourth-order valence-corrected chi connectivity index (χ4v) is 8.23. The van der Waals surface area contributed by atoms with Crippen molar-refractivity contribution in [1.82, 2.24) is 5.32 Å². The summed E-state index contributed by atoms with van der Waals surface area (Å²) in [6, 6.07) is -0.908. The van der Waals surface area contributed by atoms with Crippen LogP contribution in [0.15, 0.2) is 24.3 Å². The maximum absolute atomic E-state index is 13.1. The van der Waals surface area contributed by atoms with Crippen molar-refractivity contribution in [2.24, 2.45) is 0 Å². The zero-order chi connectivity index (χ0) is 46.1. The molecule has 0 aliphatic carbocycles. The lowest BCUT2D eigenvalue weighted by atomic mass is 9.97. The maximum atomic E-state index is 13.1. The van der Waals surface area contributed by atoms with Crippen molar-refractivity contribution in [3.63, 3.8) is 0 Å². The van der Waals surface area contributed by atoms with Crippen LogP contribution in [0.4, 0.5) is 0 Å². The Bertz CT molecular complexity index is 1160. The minimum Gasteiger partial charge on any atom is -0.394 e. The quantitative estimate of drug-likeness (QED) is 0.0250. The van der Waals surface area contributed by atoms with Gasteiger partial charge in [-0.3, -0.25) is 4.79 Å². The number of hydrogen-bond donors (Lipinski definition) is 9. The third-order valence-electron chi connectivity index (χ3n) is 12.4. The van der Waals surface area contributed by atoms with Gasteiger partial charge in [0.25, 0.3) is 0 Å². The van der Waals surface area contributed by atoms with Crippen LogP contribution in [0.25, 0.3) is 0 Å².